The summed E-state index contributed by atoms with van der Waals surface area (Å²) in [5.74, 6) is 0. The van der Waals surface area contributed by atoms with E-state index in [2.05, 4.69) is 27.7 Å². The van der Waals surface area contributed by atoms with Crippen molar-refractivity contribution in [3.8, 4) is 0 Å². The summed E-state index contributed by atoms with van der Waals surface area (Å²) in [5, 5.41) is 7.28. The number of hydrogen-bond acceptors (Lipinski definition) is 0. The summed E-state index contributed by atoms with van der Waals surface area (Å²) in [6.07, 6.45) is 4.74. The van der Waals surface area contributed by atoms with Crippen molar-refractivity contribution in [1.82, 2.24) is 0 Å². The van der Waals surface area contributed by atoms with Crippen molar-refractivity contribution in [2.24, 2.45) is 0 Å². The van der Waals surface area contributed by atoms with Gasteiger partial charge in [0.25, 0.3) is 0 Å². The van der Waals surface area contributed by atoms with Gasteiger partial charge in [0.2, 0.25) is 0 Å². The molecule has 1 aliphatic rings. The Bertz CT molecular complexity index is 165. The SMILES string of the molecule is [CH3][Pt]([CH3])([CH3])[C]1=C=CCC1. The zero-order valence-electron chi connectivity index (χ0n) is 6.31. The van der Waals surface area contributed by atoms with Crippen LogP contribution in [0.2, 0.25) is 15.9 Å². The van der Waals surface area contributed by atoms with Gasteiger partial charge in [-0.05, 0) is 0 Å². The van der Waals surface area contributed by atoms with Crippen LogP contribution in [-0.4, -0.2) is 0 Å². The normalized spacial score (nSPS) is 20.1. The first-order chi connectivity index (χ1) is 4.11. The molecule has 0 aromatic heterocycles. The summed E-state index contributed by atoms with van der Waals surface area (Å²) in [6, 6.07) is 0. The van der Waals surface area contributed by atoms with E-state index in [0.717, 1.165) is 0 Å². The van der Waals surface area contributed by atoms with Crippen LogP contribution in [0.1, 0.15) is 12.8 Å². The average molecular weight is 305 g/mol. The molecule has 0 radical (unpaired) electrons. The fourth-order valence-corrected chi connectivity index (χ4v) is 4.06. The van der Waals surface area contributed by atoms with E-state index < -0.39 is 16.1 Å². The Morgan fingerprint density at radius 2 is 2.11 bits per heavy atom. The molecule has 0 heterocycles. The summed E-state index contributed by atoms with van der Waals surface area (Å²) < 4.78 is 1.66. The fourth-order valence-electron chi connectivity index (χ4n) is 0.813. The molecule has 0 aliphatic heterocycles. The predicted molar refractivity (Wildman–Crippen MR) is 38.4 cm³/mol. The fraction of sp³-hybridized carbons (Fsp3) is 0.625. The zero-order chi connectivity index (χ0) is 6.91. The maximum absolute atomic E-state index is 3.37. The van der Waals surface area contributed by atoms with Gasteiger partial charge in [0.05, 0.1) is 0 Å². The Morgan fingerprint density at radius 3 is 2.33 bits per heavy atom. The van der Waals surface area contributed by atoms with Crippen LogP contribution in [0.3, 0.4) is 0 Å². The molecular formula is C8H14Pt. The molecule has 0 saturated heterocycles. The van der Waals surface area contributed by atoms with Gasteiger partial charge in [0, 0.05) is 0 Å². The van der Waals surface area contributed by atoms with Crippen molar-refractivity contribution >= 4 is 0 Å². The molecule has 0 atom stereocenters. The molecule has 1 rings (SSSR count). The van der Waals surface area contributed by atoms with Crippen LogP contribution >= 0.6 is 0 Å². The van der Waals surface area contributed by atoms with Crippen LogP contribution in [0.4, 0.5) is 0 Å². The van der Waals surface area contributed by atoms with Crippen molar-refractivity contribution in [1.29, 1.82) is 0 Å². The standard InChI is InChI=1S/C5H5.3CH3.Pt/c1-2-4-5-3-1;;;;/h1H,2,4H2;3*1H3;. The molecule has 0 bridgehead atoms. The summed E-state index contributed by atoms with van der Waals surface area (Å²) in [4.78, 5) is 0. The van der Waals surface area contributed by atoms with Crippen molar-refractivity contribution in [2.75, 3.05) is 0 Å². The van der Waals surface area contributed by atoms with Gasteiger partial charge in [-0.15, -0.1) is 0 Å². The van der Waals surface area contributed by atoms with E-state index in [-0.39, 0.29) is 0 Å². The van der Waals surface area contributed by atoms with Crippen LogP contribution in [0.25, 0.3) is 0 Å². The molecule has 1 heteroatoms. The van der Waals surface area contributed by atoms with E-state index in [4.69, 9.17) is 0 Å². The number of allylic oxidation sites excluding steroid dienone is 1. The van der Waals surface area contributed by atoms with E-state index in [0.29, 0.717) is 0 Å². The molecule has 0 fully saturated rings. The Hall–Kier alpha value is 0.208. The molecule has 56 valence electrons. The maximum atomic E-state index is 3.37. The van der Waals surface area contributed by atoms with Gasteiger partial charge >= 0.3 is 60.6 Å². The third kappa shape index (κ3) is 1.81. The molecule has 0 spiro atoms. The summed E-state index contributed by atoms with van der Waals surface area (Å²) in [7, 11) is 0. The zero-order valence-corrected chi connectivity index (χ0v) is 8.58. The molecule has 0 nitrogen and oxygen atoms in total. The first-order valence-electron chi connectivity index (χ1n) is 2.91. The van der Waals surface area contributed by atoms with Gasteiger partial charge in [-0.3, -0.25) is 0 Å². The van der Waals surface area contributed by atoms with Crippen LogP contribution < -0.4 is 0 Å². The summed E-state index contributed by atoms with van der Waals surface area (Å²) in [6.45, 7) is 0. The minimum atomic E-state index is -1.34. The summed E-state index contributed by atoms with van der Waals surface area (Å²) >= 11 is -1.34. The van der Waals surface area contributed by atoms with Gasteiger partial charge in [-0.25, -0.2) is 0 Å². The second-order valence-electron chi connectivity index (χ2n) is 2.68. The van der Waals surface area contributed by atoms with Crippen molar-refractivity contribution in [2.45, 2.75) is 28.8 Å². The molecule has 0 N–H and O–H groups in total. The molecular weight excluding hydrogens is 291 g/mol. The molecule has 0 saturated carbocycles. The quantitative estimate of drug-likeness (QED) is 0.653. The monoisotopic (exact) mass is 305 g/mol. The predicted octanol–water partition coefficient (Wildman–Crippen LogP) is 3.12. The summed E-state index contributed by atoms with van der Waals surface area (Å²) in [5.41, 5.74) is 3.37. The Kier molecular flexibility index (Phi) is 1.99. The molecule has 0 aromatic carbocycles. The molecule has 0 aromatic rings. The van der Waals surface area contributed by atoms with E-state index in [1.54, 1.807) is 3.96 Å². The van der Waals surface area contributed by atoms with Gasteiger partial charge in [-0.2, -0.15) is 0 Å². The molecule has 1 aliphatic carbocycles. The first-order valence-corrected chi connectivity index (χ1v) is 10.9. The number of rotatable bonds is 1. The van der Waals surface area contributed by atoms with Crippen molar-refractivity contribution in [3.63, 3.8) is 0 Å². The average Bonchev–Trinajstić information content (AvgIpc) is 2.08. The van der Waals surface area contributed by atoms with Crippen molar-refractivity contribution in [3.05, 3.63) is 15.8 Å². The minimum absolute atomic E-state index is 1.25. The van der Waals surface area contributed by atoms with Crippen LogP contribution in [0.5, 0.6) is 0 Å². The van der Waals surface area contributed by atoms with Crippen LogP contribution in [0, 0.1) is 0 Å². The van der Waals surface area contributed by atoms with E-state index in [1.165, 1.54) is 12.8 Å². The van der Waals surface area contributed by atoms with Gasteiger partial charge in [0.1, 0.15) is 0 Å². The third-order valence-corrected chi connectivity index (χ3v) is 6.33. The van der Waals surface area contributed by atoms with E-state index in [1.807, 2.05) is 0 Å². The Morgan fingerprint density at radius 1 is 1.44 bits per heavy atom. The second-order valence-corrected chi connectivity index (χ2v) is 14.3. The number of hydrogen-bond donors (Lipinski definition) is 0. The van der Waals surface area contributed by atoms with Gasteiger partial charge < -0.3 is 0 Å². The van der Waals surface area contributed by atoms with E-state index >= 15 is 0 Å². The van der Waals surface area contributed by atoms with Gasteiger partial charge in [-0.1, -0.05) is 0 Å². The van der Waals surface area contributed by atoms with E-state index in [9.17, 15) is 0 Å². The topological polar surface area (TPSA) is 0 Å². The Balaban J connectivity index is 2.75. The third-order valence-electron chi connectivity index (χ3n) is 1.32. The Labute approximate surface area is 60.9 Å². The van der Waals surface area contributed by atoms with Crippen LogP contribution in [-0.2, 0) is 16.1 Å². The molecule has 0 unspecified atom stereocenters. The van der Waals surface area contributed by atoms with Gasteiger partial charge in [0.15, 0.2) is 0 Å². The molecule has 0 amide bonds. The van der Waals surface area contributed by atoms with Crippen LogP contribution in [0.15, 0.2) is 15.8 Å². The van der Waals surface area contributed by atoms with Crippen molar-refractivity contribution < 1.29 is 16.1 Å². The second kappa shape index (κ2) is 2.44. The molecule has 9 heavy (non-hydrogen) atoms. The first kappa shape index (κ1) is 7.32.